The third-order valence-corrected chi connectivity index (χ3v) is 1.75. The van der Waals surface area contributed by atoms with Gasteiger partial charge >= 0.3 is 0 Å². The Kier molecular flexibility index (Phi) is 3.61. The van der Waals surface area contributed by atoms with Gasteiger partial charge in [-0.2, -0.15) is 0 Å². The van der Waals surface area contributed by atoms with E-state index in [-0.39, 0.29) is 12.3 Å². The van der Waals surface area contributed by atoms with E-state index in [2.05, 4.69) is 0 Å². The van der Waals surface area contributed by atoms with E-state index in [1.165, 1.54) is 0 Å². The van der Waals surface area contributed by atoms with Crippen LogP contribution in [0.5, 0.6) is 0 Å². The first-order chi connectivity index (χ1) is 6.27. The van der Waals surface area contributed by atoms with Crippen molar-refractivity contribution in [1.29, 1.82) is 0 Å². The summed E-state index contributed by atoms with van der Waals surface area (Å²) >= 11 is 0. The first-order valence-electron chi connectivity index (χ1n) is 4.09. The highest BCUT2D eigenvalue weighted by molar-refractivity contribution is 5.97. The monoisotopic (exact) mass is 179 g/mol. The van der Waals surface area contributed by atoms with E-state index >= 15 is 0 Å². The lowest BCUT2D eigenvalue weighted by atomic mass is 10.1. The number of nitrogens with two attached hydrogens (primary N) is 1. The van der Waals surface area contributed by atoms with Crippen LogP contribution in [0.25, 0.3) is 0 Å². The lowest BCUT2D eigenvalue weighted by Crippen LogP contribution is -2.13. The van der Waals surface area contributed by atoms with Gasteiger partial charge < -0.3 is 10.5 Å². The number of hydrogen-bond acceptors (Lipinski definition) is 3. The molecule has 0 aliphatic rings. The summed E-state index contributed by atoms with van der Waals surface area (Å²) in [5.74, 6) is -0.0436. The number of carbonyl (C=O) groups is 1. The second-order valence-electron chi connectivity index (χ2n) is 2.76. The number of carbonyl (C=O) groups excluding carboxylic acids is 1. The van der Waals surface area contributed by atoms with Crippen LogP contribution in [0, 0.1) is 0 Å². The number of methoxy groups -OCH3 is 1. The summed E-state index contributed by atoms with van der Waals surface area (Å²) in [7, 11) is 1.62. The van der Waals surface area contributed by atoms with Crippen molar-refractivity contribution in [1.82, 2.24) is 0 Å². The SMILES string of the molecule is COCc1cccc(C(=O)CN)c1. The van der Waals surface area contributed by atoms with E-state index < -0.39 is 0 Å². The van der Waals surface area contributed by atoms with Crippen LogP contribution in [-0.2, 0) is 11.3 Å². The van der Waals surface area contributed by atoms with Gasteiger partial charge in [-0.25, -0.2) is 0 Å². The van der Waals surface area contributed by atoms with Crippen LogP contribution in [0.2, 0.25) is 0 Å². The van der Waals surface area contributed by atoms with Crippen molar-refractivity contribution in [3.8, 4) is 0 Å². The Balaban J connectivity index is 2.85. The second-order valence-corrected chi connectivity index (χ2v) is 2.76. The molecule has 1 aromatic carbocycles. The van der Waals surface area contributed by atoms with Crippen LogP contribution < -0.4 is 5.73 Å². The second kappa shape index (κ2) is 4.74. The third-order valence-electron chi connectivity index (χ3n) is 1.75. The third kappa shape index (κ3) is 2.65. The predicted octanol–water partition coefficient (Wildman–Crippen LogP) is 0.974. The maximum Gasteiger partial charge on any atom is 0.176 e. The molecule has 13 heavy (non-hydrogen) atoms. The Morgan fingerprint density at radius 3 is 2.92 bits per heavy atom. The molecule has 0 spiro atoms. The van der Waals surface area contributed by atoms with Crippen molar-refractivity contribution in [3.05, 3.63) is 35.4 Å². The molecule has 3 heteroatoms. The summed E-state index contributed by atoms with van der Waals surface area (Å²) in [4.78, 5) is 11.2. The minimum atomic E-state index is -0.0436. The lowest BCUT2D eigenvalue weighted by molar-refractivity contribution is 0.100. The number of benzene rings is 1. The molecule has 0 saturated carbocycles. The lowest BCUT2D eigenvalue weighted by Gasteiger charge is -2.02. The molecule has 0 aliphatic heterocycles. The molecule has 0 saturated heterocycles. The molecule has 0 heterocycles. The largest absolute Gasteiger partial charge is 0.380 e. The summed E-state index contributed by atoms with van der Waals surface area (Å²) in [6.45, 7) is 0.572. The van der Waals surface area contributed by atoms with E-state index in [9.17, 15) is 4.79 Å². The number of Topliss-reactive ketones (excluding diaryl/α,β-unsaturated/α-hetero) is 1. The molecule has 0 radical (unpaired) electrons. The molecule has 70 valence electrons. The summed E-state index contributed by atoms with van der Waals surface area (Å²) < 4.78 is 4.95. The van der Waals surface area contributed by atoms with Gasteiger partial charge in [0.25, 0.3) is 0 Å². The van der Waals surface area contributed by atoms with Crippen LogP contribution in [0.15, 0.2) is 24.3 Å². The molecule has 0 atom stereocenters. The van der Waals surface area contributed by atoms with Gasteiger partial charge in [-0.05, 0) is 11.6 Å². The Labute approximate surface area is 77.5 Å². The van der Waals surface area contributed by atoms with Gasteiger partial charge in [-0.15, -0.1) is 0 Å². The van der Waals surface area contributed by atoms with E-state index in [1.807, 2.05) is 12.1 Å². The topological polar surface area (TPSA) is 52.3 Å². The average Bonchev–Trinajstić information content (AvgIpc) is 2.18. The van der Waals surface area contributed by atoms with Gasteiger partial charge in [0.15, 0.2) is 5.78 Å². The number of ether oxygens (including phenoxy) is 1. The van der Waals surface area contributed by atoms with Crippen molar-refractivity contribution in [2.75, 3.05) is 13.7 Å². The first kappa shape index (κ1) is 9.89. The molecular formula is C10H13NO2. The van der Waals surface area contributed by atoms with Gasteiger partial charge in [-0.3, -0.25) is 4.79 Å². The Bertz CT molecular complexity index is 297. The zero-order valence-corrected chi connectivity index (χ0v) is 7.62. The van der Waals surface area contributed by atoms with Crippen LogP contribution in [0.4, 0.5) is 0 Å². The highest BCUT2D eigenvalue weighted by Gasteiger charge is 2.02. The summed E-state index contributed by atoms with van der Waals surface area (Å²) in [5, 5.41) is 0. The van der Waals surface area contributed by atoms with Gasteiger partial charge in [0.1, 0.15) is 0 Å². The minimum Gasteiger partial charge on any atom is -0.380 e. The van der Waals surface area contributed by atoms with E-state index in [1.54, 1.807) is 19.2 Å². The van der Waals surface area contributed by atoms with E-state index in [0.717, 1.165) is 5.56 Å². The summed E-state index contributed by atoms with van der Waals surface area (Å²) in [6.07, 6.45) is 0. The van der Waals surface area contributed by atoms with Gasteiger partial charge in [0.2, 0.25) is 0 Å². The smallest absolute Gasteiger partial charge is 0.176 e. The molecule has 3 nitrogen and oxygen atoms in total. The van der Waals surface area contributed by atoms with Crippen molar-refractivity contribution in [3.63, 3.8) is 0 Å². The summed E-state index contributed by atoms with van der Waals surface area (Å²) in [5.41, 5.74) is 6.89. The molecule has 0 aromatic heterocycles. The average molecular weight is 179 g/mol. The maximum absolute atomic E-state index is 11.2. The number of rotatable bonds is 4. The molecule has 0 bridgehead atoms. The normalized spacial score (nSPS) is 10.0. The molecule has 2 N–H and O–H groups in total. The number of hydrogen-bond donors (Lipinski definition) is 1. The fraction of sp³-hybridized carbons (Fsp3) is 0.300. The maximum atomic E-state index is 11.2. The van der Waals surface area contributed by atoms with Gasteiger partial charge in [0.05, 0.1) is 13.2 Å². The quantitative estimate of drug-likeness (QED) is 0.701. The predicted molar refractivity (Wildman–Crippen MR) is 50.5 cm³/mol. The van der Waals surface area contributed by atoms with E-state index in [0.29, 0.717) is 12.2 Å². The molecule has 1 rings (SSSR count). The van der Waals surface area contributed by atoms with Crippen molar-refractivity contribution < 1.29 is 9.53 Å². The van der Waals surface area contributed by atoms with Gasteiger partial charge in [0, 0.05) is 12.7 Å². The van der Waals surface area contributed by atoms with Gasteiger partial charge in [-0.1, -0.05) is 18.2 Å². The standard InChI is InChI=1S/C10H13NO2/c1-13-7-8-3-2-4-9(5-8)10(12)6-11/h2-5H,6-7,11H2,1H3. The fourth-order valence-corrected chi connectivity index (χ4v) is 1.12. The molecular weight excluding hydrogens is 166 g/mol. The van der Waals surface area contributed by atoms with Crippen molar-refractivity contribution >= 4 is 5.78 Å². The van der Waals surface area contributed by atoms with Crippen LogP contribution >= 0.6 is 0 Å². The Morgan fingerprint density at radius 1 is 1.54 bits per heavy atom. The van der Waals surface area contributed by atoms with E-state index in [4.69, 9.17) is 10.5 Å². The van der Waals surface area contributed by atoms with Crippen molar-refractivity contribution in [2.24, 2.45) is 5.73 Å². The van der Waals surface area contributed by atoms with Crippen molar-refractivity contribution in [2.45, 2.75) is 6.61 Å². The number of ketones is 1. The molecule has 1 aromatic rings. The summed E-state index contributed by atoms with van der Waals surface area (Å²) in [6, 6.07) is 7.31. The molecule has 0 fully saturated rings. The van der Waals surface area contributed by atoms with Crippen LogP contribution in [0.3, 0.4) is 0 Å². The molecule has 0 aliphatic carbocycles. The van der Waals surface area contributed by atoms with Crippen LogP contribution in [-0.4, -0.2) is 19.4 Å². The first-order valence-corrected chi connectivity index (χ1v) is 4.09. The minimum absolute atomic E-state index is 0.0436. The highest BCUT2D eigenvalue weighted by atomic mass is 16.5. The molecule has 0 unspecified atom stereocenters. The van der Waals surface area contributed by atoms with Crippen LogP contribution in [0.1, 0.15) is 15.9 Å². The highest BCUT2D eigenvalue weighted by Crippen LogP contribution is 2.06. The fourth-order valence-electron chi connectivity index (χ4n) is 1.12. The molecule has 0 amide bonds. The Morgan fingerprint density at radius 2 is 2.31 bits per heavy atom. The Hall–Kier alpha value is -1.19. The zero-order valence-electron chi connectivity index (χ0n) is 7.62. The zero-order chi connectivity index (χ0) is 9.68.